The highest BCUT2D eigenvalue weighted by atomic mass is 35.5. The number of hydrogen-bond acceptors (Lipinski definition) is 3. The van der Waals surface area contributed by atoms with Gasteiger partial charge in [0.05, 0.1) is 10.6 Å². The van der Waals surface area contributed by atoms with E-state index in [0.717, 1.165) is 44.6 Å². The third kappa shape index (κ3) is 3.28. The minimum atomic E-state index is -0.586. The third-order valence-corrected chi connectivity index (χ3v) is 6.01. The van der Waals surface area contributed by atoms with E-state index in [4.69, 9.17) is 33.8 Å². The molecule has 0 heterocycles. The Kier molecular flexibility index (Phi) is 4.47. The molecule has 2 N–H and O–H groups in total. The molecule has 3 saturated carbocycles. The van der Waals surface area contributed by atoms with Crippen molar-refractivity contribution >= 4 is 29.3 Å². The Morgan fingerprint density at radius 2 is 1.87 bits per heavy atom. The maximum absolute atomic E-state index is 13.4. The van der Waals surface area contributed by atoms with Crippen LogP contribution in [-0.2, 0) is 4.79 Å². The zero-order valence-electron chi connectivity index (χ0n) is 12.7. The fraction of sp³-hybridized carbons (Fsp3) is 0.562. The lowest BCUT2D eigenvalue weighted by Gasteiger charge is -2.54. The molecule has 3 fully saturated rings. The molecule has 0 spiro atoms. The molecular formula is C16H19Cl2FN2O2. The molecule has 3 aliphatic rings. The molecule has 126 valence electrons. The van der Waals surface area contributed by atoms with Crippen molar-refractivity contribution in [1.29, 1.82) is 0 Å². The fourth-order valence-electron chi connectivity index (χ4n) is 3.52. The molecule has 0 radical (unpaired) electrons. The maximum atomic E-state index is 13.4. The Bertz CT molecular complexity index is 602. The van der Waals surface area contributed by atoms with E-state index in [-0.39, 0.29) is 34.4 Å². The van der Waals surface area contributed by atoms with Gasteiger partial charge in [-0.05, 0) is 50.7 Å². The first-order chi connectivity index (χ1) is 10.8. The van der Waals surface area contributed by atoms with Gasteiger partial charge in [-0.25, -0.2) is 8.81 Å². The normalized spacial score (nSPS) is 29.4. The molecule has 2 bridgehead atoms. The molecule has 23 heavy (non-hydrogen) atoms. The lowest BCUT2D eigenvalue weighted by molar-refractivity contribution is -0.136. The Balaban J connectivity index is 1.60. The Labute approximate surface area is 144 Å². The Morgan fingerprint density at radius 3 is 2.43 bits per heavy atom. The molecule has 0 unspecified atom stereocenters. The molecule has 3 aliphatic carbocycles. The van der Waals surface area contributed by atoms with Gasteiger partial charge >= 0.3 is 0 Å². The van der Waals surface area contributed by atoms with E-state index in [1.54, 1.807) is 0 Å². The molecule has 0 atom stereocenters. The second-order valence-corrected chi connectivity index (χ2v) is 7.37. The lowest BCUT2D eigenvalue weighted by Crippen LogP contribution is -2.61. The van der Waals surface area contributed by atoms with Crippen LogP contribution in [-0.4, -0.2) is 28.0 Å². The first kappa shape index (κ1) is 16.8. The summed E-state index contributed by atoms with van der Waals surface area (Å²) in [6, 6.07) is 4.05. The summed E-state index contributed by atoms with van der Waals surface area (Å²) in [7, 11) is 0. The smallest absolute Gasteiger partial charge is 0.275 e. The van der Waals surface area contributed by atoms with Crippen LogP contribution >= 0.6 is 23.4 Å². The monoisotopic (exact) mass is 360 g/mol. The Hall–Kier alpha value is -1.04. The first-order valence-electron chi connectivity index (χ1n) is 7.69. The van der Waals surface area contributed by atoms with Crippen LogP contribution in [0.4, 0.5) is 4.39 Å². The molecule has 1 aromatic rings. The Morgan fingerprint density at radius 1 is 1.26 bits per heavy atom. The summed E-state index contributed by atoms with van der Waals surface area (Å²) in [6.07, 6.45) is 5.09. The third-order valence-electron chi connectivity index (χ3n) is 5.15. The van der Waals surface area contributed by atoms with Crippen molar-refractivity contribution in [2.24, 2.45) is 5.73 Å². The number of nitrogens with zero attached hydrogens (tertiary/aromatic N) is 1. The molecular weight excluding hydrogens is 342 g/mol. The summed E-state index contributed by atoms with van der Waals surface area (Å²) in [5.41, 5.74) is 5.87. The topological polar surface area (TPSA) is 55.6 Å². The van der Waals surface area contributed by atoms with E-state index < -0.39 is 5.82 Å². The fourth-order valence-corrected chi connectivity index (χ4v) is 3.94. The zero-order valence-corrected chi connectivity index (χ0v) is 14.2. The number of halogens is 3. The maximum Gasteiger partial charge on any atom is 0.275 e. The number of fused-ring (bicyclic) bond motifs is 3. The quantitative estimate of drug-likeness (QED) is 0.833. The summed E-state index contributed by atoms with van der Waals surface area (Å²) in [5, 5.41) is 0.0104. The van der Waals surface area contributed by atoms with Crippen molar-refractivity contribution < 1.29 is 13.9 Å². The largest absolute Gasteiger partial charge is 0.484 e. The molecule has 4 rings (SSSR count). The summed E-state index contributed by atoms with van der Waals surface area (Å²) < 4.78 is 20.0. The van der Waals surface area contributed by atoms with E-state index >= 15 is 0 Å². The van der Waals surface area contributed by atoms with Crippen LogP contribution in [0.15, 0.2) is 18.2 Å². The van der Waals surface area contributed by atoms with Gasteiger partial charge in [-0.3, -0.25) is 4.79 Å². The number of rotatable bonds is 4. The average Bonchev–Trinajstić information content (AvgIpc) is 2.56. The minimum absolute atomic E-state index is 0.0104. The van der Waals surface area contributed by atoms with Crippen LogP contribution in [0.25, 0.3) is 0 Å². The standard InChI is InChI=1S/C16H19Cl2FN2O2/c17-12-2-1-11(9-13(12)19)23-10-14(22)21(18)16-6-3-15(20,4-7-16)5-8-16/h1-2,9H,3-8,10,20H2. The highest BCUT2D eigenvalue weighted by Crippen LogP contribution is 2.49. The number of hydrogen-bond donors (Lipinski definition) is 1. The van der Waals surface area contributed by atoms with E-state index in [9.17, 15) is 9.18 Å². The number of amides is 1. The molecule has 0 aromatic heterocycles. The van der Waals surface area contributed by atoms with Gasteiger partial charge in [0, 0.05) is 23.4 Å². The summed E-state index contributed by atoms with van der Waals surface area (Å²) in [5.74, 6) is -0.665. The summed E-state index contributed by atoms with van der Waals surface area (Å²) >= 11 is 11.9. The van der Waals surface area contributed by atoms with Gasteiger partial charge in [0.1, 0.15) is 11.6 Å². The molecule has 0 saturated heterocycles. The van der Waals surface area contributed by atoms with Crippen LogP contribution < -0.4 is 10.5 Å². The van der Waals surface area contributed by atoms with E-state index in [1.807, 2.05) is 0 Å². The van der Waals surface area contributed by atoms with Gasteiger partial charge in [0.25, 0.3) is 5.91 Å². The second-order valence-electron chi connectivity index (χ2n) is 6.63. The van der Waals surface area contributed by atoms with Gasteiger partial charge in [-0.2, -0.15) is 0 Å². The van der Waals surface area contributed by atoms with Crippen molar-refractivity contribution in [1.82, 2.24) is 4.42 Å². The lowest BCUT2D eigenvalue weighted by atomic mass is 9.62. The van der Waals surface area contributed by atoms with Crippen molar-refractivity contribution in [2.45, 2.75) is 49.6 Å². The highest BCUT2D eigenvalue weighted by molar-refractivity contribution is 6.30. The number of carbonyl (C=O) groups excluding carboxylic acids is 1. The number of nitrogens with two attached hydrogens (primary N) is 1. The van der Waals surface area contributed by atoms with Crippen LogP contribution in [0.3, 0.4) is 0 Å². The van der Waals surface area contributed by atoms with E-state index in [2.05, 4.69) is 0 Å². The number of ether oxygens (including phenoxy) is 1. The molecule has 0 aliphatic heterocycles. The van der Waals surface area contributed by atoms with Crippen molar-refractivity contribution in [3.63, 3.8) is 0 Å². The highest BCUT2D eigenvalue weighted by Gasteiger charge is 2.51. The predicted octanol–water partition coefficient (Wildman–Crippen LogP) is 3.64. The van der Waals surface area contributed by atoms with E-state index in [1.165, 1.54) is 16.6 Å². The summed E-state index contributed by atoms with van der Waals surface area (Å²) in [6.45, 7) is -0.236. The minimum Gasteiger partial charge on any atom is -0.484 e. The van der Waals surface area contributed by atoms with Crippen LogP contribution in [0.1, 0.15) is 38.5 Å². The van der Waals surface area contributed by atoms with E-state index in [0.29, 0.717) is 0 Å². The summed E-state index contributed by atoms with van der Waals surface area (Å²) in [4.78, 5) is 12.3. The van der Waals surface area contributed by atoms with Crippen molar-refractivity contribution in [3.05, 3.63) is 29.0 Å². The molecule has 1 amide bonds. The molecule has 7 heteroatoms. The SMILES string of the molecule is NC12CCC(N(Cl)C(=O)COc3ccc(Cl)c(F)c3)(CC1)CC2. The average molecular weight is 361 g/mol. The van der Waals surface area contributed by atoms with Crippen LogP contribution in [0, 0.1) is 5.82 Å². The molecule has 4 nitrogen and oxygen atoms in total. The van der Waals surface area contributed by atoms with Gasteiger partial charge in [0.15, 0.2) is 6.61 Å². The van der Waals surface area contributed by atoms with Gasteiger partial charge in [-0.15, -0.1) is 0 Å². The number of benzene rings is 1. The predicted molar refractivity (Wildman–Crippen MR) is 87.0 cm³/mol. The van der Waals surface area contributed by atoms with Crippen molar-refractivity contribution in [2.75, 3.05) is 6.61 Å². The van der Waals surface area contributed by atoms with Crippen LogP contribution in [0.5, 0.6) is 5.75 Å². The van der Waals surface area contributed by atoms with Crippen molar-refractivity contribution in [3.8, 4) is 5.75 Å². The van der Waals surface area contributed by atoms with Gasteiger partial charge in [0.2, 0.25) is 0 Å². The molecule has 1 aromatic carbocycles. The number of carbonyl (C=O) groups is 1. The van der Waals surface area contributed by atoms with Gasteiger partial charge in [-0.1, -0.05) is 11.6 Å². The zero-order chi connectivity index (χ0) is 16.7. The van der Waals surface area contributed by atoms with Crippen LogP contribution in [0.2, 0.25) is 5.02 Å². The second kappa shape index (κ2) is 6.11. The van der Waals surface area contributed by atoms with Gasteiger partial charge < -0.3 is 10.5 Å². The first-order valence-corrected chi connectivity index (χ1v) is 8.41.